The molecule has 8 heteroatoms. The molecule has 2 aliphatic heterocycles. The van der Waals surface area contributed by atoms with Gasteiger partial charge in [0.15, 0.2) is 17.5 Å². The SMILES string of the molecule is CCNC(=NCc1ccc2c(c1)OCO2)NC1CCN(C(=O)C2CCCCC2)C1.I. The van der Waals surface area contributed by atoms with Crippen LogP contribution >= 0.6 is 24.0 Å². The van der Waals surface area contributed by atoms with Crippen molar-refractivity contribution in [2.24, 2.45) is 10.9 Å². The highest BCUT2D eigenvalue weighted by molar-refractivity contribution is 14.0. The third kappa shape index (κ3) is 5.70. The fraction of sp³-hybridized carbons (Fsp3) is 0.636. The molecule has 0 spiro atoms. The van der Waals surface area contributed by atoms with E-state index in [-0.39, 0.29) is 42.7 Å². The Kier molecular flexibility index (Phi) is 8.47. The van der Waals surface area contributed by atoms with Gasteiger partial charge in [-0.3, -0.25) is 4.79 Å². The number of benzene rings is 1. The summed E-state index contributed by atoms with van der Waals surface area (Å²) in [7, 11) is 0. The van der Waals surface area contributed by atoms with Crippen molar-refractivity contribution in [2.45, 2.75) is 58.0 Å². The minimum atomic E-state index is 0. The first kappa shape index (κ1) is 23.0. The van der Waals surface area contributed by atoms with Gasteiger partial charge in [-0.25, -0.2) is 4.99 Å². The summed E-state index contributed by atoms with van der Waals surface area (Å²) in [4.78, 5) is 19.6. The summed E-state index contributed by atoms with van der Waals surface area (Å²) in [6.07, 6.45) is 6.76. The zero-order chi connectivity index (χ0) is 20.1. The topological polar surface area (TPSA) is 75.2 Å². The number of carbonyl (C=O) groups excluding carboxylic acids is 1. The monoisotopic (exact) mass is 528 g/mol. The molecular formula is C22H33IN4O3. The maximum atomic E-state index is 12.8. The molecule has 2 fully saturated rings. The normalized spacial score (nSPS) is 21.3. The fourth-order valence-electron chi connectivity index (χ4n) is 4.41. The van der Waals surface area contributed by atoms with Crippen molar-refractivity contribution in [1.29, 1.82) is 0 Å². The van der Waals surface area contributed by atoms with Gasteiger partial charge in [-0.1, -0.05) is 25.3 Å². The second kappa shape index (κ2) is 11.1. The lowest BCUT2D eigenvalue weighted by molar-refractivity contribution is -0.135. The van der Waals surface area contributed by atoms with Gasteiger partial charge < -0.3 is 25.0 Å². The largest absolute Gasteiger partial charge is 0.454 e. The van der Waals surface area contributed by atoms with Crippen molar-refractivity contribution in [2.75, 3.05) is 26.4 Å². The minimum Gasteiger partial charge on any atom is -0.454 e. The van der Waals surface area contributed by atoms with Crippen molar-refractivity contribution in [3.8, 4) is 11.5 Å². The second-order valence-electron chi connectivity index (χ2n) is 8.13. The van der Waals surface area contributed by atoms with Gasteiger partial charge in [0.2, 0.25) is 12.7 Å². The molecule has 1 aromatic carbocycles. The summed E-state index contributed by atoms with van der Waals surface area (Å²) < 4.78 is 10.8. The smallest absolute Gasteiger partial charge is 0.231 e. The Morgan fingerprint density at radius 3 is 2.77 bits per heavy atom. The van der Waals surface area contributed by atoms with E-state index in [1.54, 1.807) is 0 Å². The molecule has 3 aliphatic rings. The van der Waals surface area contributed by atoms with Gasteiger partial charge in [-0.2, -0.15) is 0 Å². The summed E-state index contributed by atoms with van der Waals surface area (Å²) in [6, 6.07) is 6.17. The van der Waals surface area contributed by atoms with Crippen LogP contribution in [0, 0.1) is 5.92 Å². The summed E-state index contributed by atoms with van der Waals surface area (Å²) in [5.41, 5.74) is 1.08. The van der Waals surface area contributed by atoms with Gasteiger partial charge in [-0.15, -0.1) is 24.0 Å². The lowest BCUT2D eigenvalue weighted by Crippen LogP contribution is -2.45. The van der Waals surface area contributed by atoms with Crippen LogP contribution in [0.25, 0.3) is 0 Å². The van der Waals surface area contributed by atoms with Crippen molar-refractivity contribution >= 4 is 35.8 Å². The number of aliphatic imine (C=N–C) groups is 1. The van der Waals surface area contributed by atoms with Gasteiger partial charge in [0.1, 0.15) is 0 Å². The molecule has 166 valence electrons. The zero-order valence-electron chi connectivity index (χ0n) is 17.7. The Morgan fingerprint density at radius 2 is 1.97 bits per heavy atom. The Labute approximate surface area is 196 Å². The quantitative estimate of drug-likeness (QED) is 0.349. The molecule has 1 unspecified atom stereocenters. The molecule has 4 rings (SSSR count). The second-order valence-corrected chi connectivity index (χ2v) is 8.13. The van der Waals surface area contributed by atoms with E-state index in [0.717, 1.165) is 61.9 Å². The van der Waals surface area contributed by atoms with Crippen molar-refractivity contribution in [3.63, 3.8) is 0 Å². The molecule has 0 bridgehead atoms. The summed E-state index contributed by atoms with van der Waals surface area (Å²) in [6.45, 7) is 5.31. The molecular weight excluding hydrogens is 495 g/mol. The molecule has 0 radical (unpaired) electrons. The highest BCUT2D eigenvalue weighted by atomic mass is 127. The third-order valence-corrected chi connectivity index (χ3v) is 6.00. The number of rotatable bonds is 5. The van der Waals surface area contributed by atoms with E-state index < -0.39 is 0 Å². The van der Waals surface area contributed by atoms with Crippen LogP contribution < -0.4 is 20.1 Å². The summed E-state index contributed by atoms with van der Waals surface area (Å²) in [5, 5.41) is 6.84. The molecule has 2 heterocycles. The van der Waals surface area contributed by atoms with Crippen LogP contribution in [0.15, 0.2) is 23.2 Å². The van der Waals surface area contributed by atoms with E-state index >= 15 is 0 Å². The first-order chi connectivity index (χ1) is 14.2. The maximum absolute atomic E-state index is 12.8. The van der Waals surface area contributed by atoms with Crippen LogP contribution in [0.2, 0.25) is 0 Å². The number of nitrogens with one attached hydrogen (secondary N) is 2. The number of guanidine groups is 1. The molecule has 1 aliphatic carbocycles. The average Bonchev–Trinajstić information content (AvgIpc) is 3.41. The number of carbonyl (C=O) groups is 1. The predicted molar refractivity (Wildman–Crippen MR) is 127 cm³/mol. The van der Waals surface area contributed by atoms with Crippen LogP contribution in [0.4, 0.5) is 0 Å². The number of hydrogen-bond acceptors (Lipinski definition) is 4. The molecule has 30 heavy (non-hydrogen) atoms. The van der Waals surface area contributed by atoms with Crippen molar-refractivity contribution in [3.05, 3.63) is 23.8 Å². The first-order valence-corrected chi connectivity index (χ1v) is 10.9. The van der Waals surface area contributed by atoms with Crippen LogP contribution in [-0.4, -0.2) is 49.2 Å². The van der Waals surface area contributed by atoms with Crippen molar-refractivity contribution < 1.29 is 14.3 Å². The summed E-state index contributed by atoms with van der Waals surface area (Å²) >= 11 is 0. The van der Waals surface area contributed by atoms with Crippen LogP contribution in [-0.2, 0) is 11.3 Å². The Hall–Kier alpha value is -1.71. The van der Waals surface area contributed by atoms with E-state index in [4.69, 9.17) is 14.5 Å². The lowest BCUT2D eigenvalue weighted by Gasteiger charge is -2.26. The van der Waals surface area contributed by atoms with E-state index in [0.29, 0.717) is 12.5 Å². The molecule has 1 atom stereocenters. The van der Waals surface area contributed by atoms with E-state index in [1.165, 1.54) is 19.3 Å². The molecule has 1 saturated carbocycles. The Balaban J connectivity index is 0.00000256. The highest BCUT2D eigenvalue weighted by Gasteiger charge is 2.31. The predicted octanol–water partition coefficient (Wildman–Crippen LogP) is 3.27. The average molecular weight is 528 g/mol. The standard InChI is InChI=1S/C22H32N4O3.HI/c1-2-23-22(24-13-16-8-9-19-20(12-16)29-15-28-19)25-18-10-11-26(14-18)21(27)17-6-4-3-5-7-17;/h8-9,12,17-18H,2-7,10-11,13-15H2,1H3,(H2,23,24,25);1H. The van der Waals surface area contributed by atoms with E-state index in [9.17, 15) is 4.79 Å². The number of hydrogen-bond donors (Lipinski definition) is 2. The Morgan fingerprint density at radius 1 is 1.17 bits per heavy atom. The van der Waals surface area contributed by atoms with Gasteiger partial charge >= 0.3 is 0 Å². The number of ether oxygens (including phenoxy) is 2. The van der Waals surface area contributed by atoms with Gasteiger partial charge in [0.05, 0.1) is 6.54 Å². The van der Waals surface area contributed by atoms with Crippen LogP contribution in [0.3, 0.4) is 0 Å². The van der Waals surface area contributed by atoms with Gasteiger partial charge in [0.25, 0.3) is 0 Å². The molecule has 1 aromatic rings. The van der Waals surface area contributed by atoms with E-state index in [1.807, 2.05) is 18.2 Å². The molecule has 1 saturated heterocycles. The van der Waals surface area contributed by atoms with Gasteiger partial charge in [-0.05, 0) is 43.9 Å². The maximum Gasteiger partial charge on any atom is 0.231 e. The number of likely N-dealkylation sites (tertiary alicyclic amines) is 1. The highest BCUT2D eigenvalue weighted by Crippen LogP contribution is 2.32. The molecule has 1 amide bonds. The molecule has 0 aromatic heterocycles. The number of halogens is 1. The molecule has 2 N–H and O–H groups in total. The van der Waals surface area contributed by atoms with Crippen molar-refractivity contribution in [1.82, 2.24) is 15.5 Å². The summed E-state index contributed by atoms with van der Waals surface area (Å²) in [5.74, 6) is 2.97. The van der Waals surface area contributed by atoms with E-state index in [2.05, 4.69) is 22.5 Å². The van der Waals surface area contributed by atoms with Gasteiger partial charge in [0, 0.05) is 31.6 Å². The van der Waals surface area contributed by atoms with Crippen LogP contribution in [0.1, 0.15) is 51.0 Å². The lowest BCUT2D eigenvalue weighted by atomic mass is 9.88. The minimum absolute atomic E-state index is 0. The first-order valence-electron chi connectivity index (χ1n) is 10.9. The number of nitrogens with zero attached hydrogens (tertiary/aromatic N) is 2. The Bertz CT molecular complexity index is 752. The number of amides is 1. The zero-order valence-corrected chi connectivity index (χ0v) is 20.0. The molecule has 7 nitrogen and oxygen atoms in total. The van der Waals surface area contributed by atoms with Crippen LogP contribution in [0.5, 0.6) is 11.5 Å². The number of fused-ring (bicyclic) bond motifs is 1. The fourth-order valence-corrected chi connectivity index (χ4v) is 4.41. The third-order valence-electron chi connectivity index (χ3n) is 6.00.